The molecule has 0 radical (unpaired) electrons. The average Bonchev–Trinajstić information content (AvgIpc) is 2.33. The number of halogens is 1. The molecule has 1 nitrogen and oxygen atoms in total. The number of ketones is 1. The fourth-order valence-electron chi connectivity index (χ4n) is 1.73. The number of aryl methyl sites for hydroxylation is 1. The second kappa shape index (κ2) is 5.28. The first-order chi connectivity index (χ1) is 8.16. The third kappa shape index (κ3) is 3.04. The molecule has 0 N–H and O–H groups in total. The van der Waals surface area contributed by atoms with Crippen molar-refractivity contribution in [2.45, 2.75) is 13.3 Å². The van der Waals surface area contributed by atoms with Gasteiger partial charge in [0.1, 0.15) is 0 Å². The van der Waals surface area contributed by atoms with Gasteiger partial charge < -0.3 is 0 Å². The molecule has 0 atom stereocenters. The first-order valence-corrected chi connectivity index (χ1v) is 6.29. The van der Waals surface area contributed by atoms with Crippen molar-refractivity contribution in [2.75, 3.05) is 0 Å². The van der Waals surface area contributed by atoms with E-state index in [9.17, 15) is 4.79 Å². The van der Waals surface area contributed by atoms with Crippen LogP contribution in [-0.2, 0) is 6.42 Å². The van der Waals surface area contributed by atoms with Crippen molar-refractivity contribution in [1.29, 1.82) is 0 Å². The minimum Gasteiger partial charge on any atom is -0.294 e. The van der Waals surface area contributed by atoms with E-state index in [0.29, 0.717) is 6.42 Å². The highest BCUT2D eigenvalue weighted by Gasteiger charge is 2.10. The molecule has 2 aromatic rings. The normalized spacial score (nSPS) is 10.2. The van der Waals surface area contributed by atoms with Gasteiger partial charge in [-0.25, -0.2) is 0 Å². The van der Waals surface area contributed by atoms with Crippen LogP contribution in [0.4, 0.5) is 0 Å². The second-order valence-electron chi connectivity index (χ2n) is 4.07. The van der Waals surface area contributed by atoms with E-state index < -0.39 is 0 Å². The Morgan fingerprint density at radius 2 is 1.82 bits per heavy atom. The molecule has 0 aliphatic rings. The summed E-state index contributed by atoms with van der Waals surface area (Å²) in [6, 6.07) is 15.6. The minimum atomic E-state index is 0.145. The summed E-state index contributed by atoms with van der Waals surface area (Å²) in [4.78, 5) is 12.2. The largest absolute Gasteiger partial charge is 0.294 e. The quantitative estimate of drug-likeness (QED) is 0.775. The molecule has 17 heavy (non-hydrogen) atoms. The number of benzene rings is 2. The topological polar surface area (TPSA) is 17.1 Å². The van der Waals surface area contributed by atoms with Crippen LogP contribution < -0.4 is 0 Å². The summed E-state index contributed by atoms with van der Waals surface area (Å²) < 4.78 is 0.865. The van der Waals surface area contributed by atoms with Crippen molar-refractivity contribution in [3.8, 4) is 0 Å². The zero-order valence-electron chi connectivity index (χ0n) is 9.61. The van der Waals surface area contributed by atoms with Gasteiger partial charge in [0.25, 0.3) is 0 Å². The van der Waals surface area contributed by atoms with Crippen molar-refractivity contribution in [2.24, 2.45) is 0 Å². The number of carbonyl (C=O) groups excluding carboxylic acids is 1. The van der Waals surface area contributed by atoms with E-state index >= 15 is 0 Å². The molecule has 0 spiro atoms. The van der Waals surface area contributed by atoms with E-state index in [4.69, 9.17) is 0 Å². The zero-order chi connectivity index (χ0) is 12.3. The van der Waals surface area contributed by atoms with Gasteiger partial charge in [0.2, 0.25) is 0 Å². The Morgan fingerprint density at radius 3 is 2.53 bits per heavy atom. The lowest BCUT2D eigenvalue weighted by molar-refractivity contribution is 0.0992. The van der Waals surface area contributed by atoms with Crippen molar-refractivity contribution in [3.05, 3.63) is 69.7 Å². The SMILES string of the molecule is Cc1ccc(Br)c(C(=O)Cc2ccccc2)c1. The highest BCUT2D eigenvalue weighted by molar-refractivity contribution is 9.10. The monoisotopic (exact) mass is 288 g/mol. The minimum absolute atomic E-state index is 0.145. The van der Waals surface area contributed by atoms with Gasteiger partial charge in [0.15, 0.2) is 5.78 Å². The lowest BCUT2D eigenvalue weighted by Gasteiger charge is -2.05. The van der Waals surface area contributed by atoms with E-state index in [1.807, 2.05) is 55.5 Å². The summed E-state index contributed by atoms with van der Waals surface area (Å²) >= 11 is 3.42. The number of hydrogen-bond acceptors (Lipinski definition) is 1. The highest BCUT2D eigenvalue weighted by Crippen LogP contribution is 2.20. The third-order valence-electron chi connectivity index (χ3n) is 2.63. The maximum Gasteiger partial charge on any atom is 0.168 e. The van der Waals surface area contributed by atoms with Crippen molar-refractivity contribution >= 4 is 21.7 Å². The maximum atomic E-state index is 12.2. The van der Waals surface area contributed by atoms with Crippen LogP contribution in [-0.4, -0.2) is 5.78 Å². The van der Waals surface area contributed by atoms with Crippen molar-refractivity contribution in [1.82, 2.24) is 0 Å². The summed E-state index contributed by atoms with van der Waals surface area (Å²) in [6.45, 7) is 1.99. The van der Waals surface area contributed by atoms with Crippen LogP contribution in [0, 0.1) is 6.92 Å². The number of carbonyl (C=O) groups is 1. The molecule has 0 saturated heterocycles. The zero-order valence-corrected chi connectivity index (χ0v) is 11.2. The first kappa shape index (κ1) is 12.1. The Morgan fingerprint density at radius 1 is 1.12 bits per heavy atom. The Hall–Kier alpha value is -1.41. The maximum absolute atomic E-state index is 12.2. The molecular weight excluding hydrogens is 276 g/mol. The number of hydrogen-bond donors (Lipinski definition) is 0. The van der Waals surface area contributed by atoms with E-state index in [-0.39, 0.29) is 5.78 Å². The fourth-order valence-corrected chi connectivity index (χ4v) is 2.20. The molecule has 0 fully saturated rings. The summed E-state index contributed by atoms with van der Waals surface area (Å²) in [5.41, 5.74) is 2.91. The lowest BCUT2D eigenvalue weighted by atomic mass is 10.0. The van der Waals surface area contributed by atoms with Gasteiger partial charge in [-0.15, -0.1) is 0 Å². The summed E-state index contributed by atoms with van der Waals surface area (Å²) in [6.07, 6.45) is 0.447. The van der Waals surface area contributed by atoms with Crippen LogP contribution in [0.5, 0.6) is 0 Å². The summed E-state index contributed by atoms with van der Waals surface area (Å²) in [5, 5.41) is 0. The molecular formula is C15H13BrO. The number of rotatable bonds is 3. The Kier molecular flexibility index (Phi) is 3.75. The Balaban J connectivity index is 2.23. The van der Waals surface area contributed by atoms with Gasteiger partial charge >= 0.3 is 0 Å². The lowest BCUT2D eigenvalue weighted by Crippen LogP contribution is -2.04. The molecule has 0 aliphatic carbocycles. The molecule has 2 heteroatoms. The van der Waals surface area contributed by atoms with Gasteiger partial charge in [-0.3, -0.25) is 4.79 Å². The number of Topliss-reactive ketones (excluding diaryl/α,β-unsaturated/α-hetero) is 1. The van der Waals surface area contributed by atoms with Crippen molar-refractivity contribution < 1.29 is 4.79 Å². The van der Waals surface area contributed by atoms with Gasteiger partial charge in [0, 0.05) is 16.5 Å². The Bertz CT molecular complexity index is 532. The first-order valence-electron chi connectivity index (χ1n) is 5.50. The standard InChI is InChI=1S/C15H13BrO/c1-11-7-8-14(16)13(9-11)15(17)10-12-5-3-2-4-6-12/h2-9H,10H2,1H3. The molecule has 2 aromatic carbocycles. The van der Waals surface area contributed by atoms with Crippen LogP contribution in [0.3, 0.4) is 0 Å². The Labute approximate surface area is 110 Å². The van der Waals surface area contributed by atoms with Gasteiger partial charge in [-0.1, -0.05) is 57.9 Å². The third-order valence-corrected chi connectivity index (χ3v) is 3.32. The molecule has 0 unspecified atom stereocenters. The summed E-state index contributed by atoms with van der Waals surface area (Å²) in [5.74, 6) is 0.145. The predicted octanol–water partition coefficient (Wildman–Crippen LogP) is 4.18. The predicted molar refractivity (Wildman–Crippen MR) is 73.4 cm³/mol. The van der Waals surface area contributed by atoms with Gasteiger partial charge in [-0.2, -0.15) is 0 Å². The molecule has 0 bridgehead atoms. The molecule has 0 saturated carbocycles. The molecule has 0 amide bonds. The highest BCUT2D eigenvalue weighted by atomic mass is 79.9. The van der Waals surface area contributed by atoms with Gasteiger partial charge in [0.05, 0.1) is 0 Å². The smallest absolute Gasteiger partial charge is 0.168 e. The van der Waals surface area contributed by atoms with E-state index in [1.165, 1.54) is 0 Å². The van der Waals surface area contributed by atoms with E-state index in [1.54, 1.807) is 0 Å². The van der Waals surface area contributed by atoms with E-state index in [2.05, 4.69) is 15.9 Å². The van der Waals surface area contributed by atoms with Crippen LogP contribution in [0.1, 0.15) is 21.5 Å². The molecule has 0 aliphatic heterocycles. The molecule has 86 valence electrons. The van der Waals surface area contributed by atoms with Crippen LogP contribution in [0.15, 0.2) is 53.0 Å². The molecule has 0 aromatic heterocycles. The van der Waals surface area contributed by atoms with Crippen LogP contribution in [0.25, 0.3) is 0 Å². The molecule has 2 rings (SSSR count). The fraction of sp³-hybridized carbons (Fsp3) is 0.133. The summed E-state index contributed by atoms with van der Waals surface area (Å²) in [7, 11) is 0. The average molecular weight is 289 g/mol. The second-order valence-corrected chi connectivity index (χ2v) is 4.92. The molecule has 0 heterocycles. The van der Waals surface area contributed by atoms with Crippen LogP contribution >= 0.6 is 15.9 Å². The van der Waals surface area contributed by atoms with E-state index in [0.717, 1.165) is 21.2 Å². The van der Waals surface area contributed by atoms with Gasteiger partial charge in [-0.05, 0) is 24.6 Å². The van der Waals surface area contributed by atoms with Crippen LogP contribution in [0.2, 0.25) is 0 Å². The van der Waals surface area contributed by atoms with Crippen molar-refractivity contribution in [3.63, 3.8) is 0 Å².